The fourth-order valence-corrected chi connectivity index (χ4v) is 2.51. The van der Waals surface area contributed by atoms with E-state index in [0.29, 0.717) is 17.5 Å². The van der Waals surface area contributed by atoms with E-state index in [1.807, 2.05) is 31.2 Å². The third kappa shape index (κ3) is 2.76. The van der Waals surface area contributed by atoms with Crippen LogP contribution in [-0.4, -0.2) is 38.2 Å². The first-order chi connectivity index (χ1) is 10.2. The molecule has 5 nitrogen and oxygen atoms in total. The van der Waals surface area contributed by atoms with E-state index in [0.717, 1.165) is 31.7 Å². The number of nitriles is 1. The highest BCUT2D eigenvalue weighted by Gasteiger charge is 2.24. The van der Waals surface area contributed by atoms with E-state index in [9.17, 15) is 5.26 Å². The van der Waals surface area contributed by atoms with Crippen LogP contribution in [0.4, 0.5) is 5.88 Å². The Balaban J connectivity index is 1.91. The molecule has 5 heteroatoms. The Kier molecular flexibility index (Phi) is 3.63. The Morgan fingerprint density at radius 3 is 2.52 bits per heavy atom. The molecule has 2 aromatic rings. The second-order valence-corrected chi connectivity index (χ2v) is 5.59. The van der Waals surface area contributed by atoms with Gasteiger partial charge in [0.25, 0.3) is 0 Å². The molecule has 21 heavy (non-hydrogen) atoms. The van der Waals surface area contributed by atoms with Crippen molar-refractivity contribution in [2.75, 3.05) is 38.1 Å². The summed E-state index contributed by atoms with van der Waals surface area (Å²) in [4.78, 5) is 7.97. The van der Waals surface area contributed by atoms with Crippen LogP contribution in [0.1, 0.15) is 11.3 Å². The molecule has 2 heterocycles. The molecule has 0 aliphatic carbocycles. The molecule has 3 rings (SSSR count). The first-order valence-corrected chi connectivity index (χ1v) is 7.21. The van der Waals surface area contributed by atoms with Gasteiger partial charge in [-0.25, -0.2) is 0 Å². The molecule has 1 aromatic heterocycles. The van der Waals surface area contributed by atoms with Gasteiger partial charge in [0.15, 0.2) is 0 Å². The van der Waals surface area contributed by atoms with Crippen LogP contribution in [0, 0.1) is 18.3 Å². The minimum absolute atomic E-state index is 0.380. The van der Waals surface area contributed by atoms with E-state index in [-0.39, 0.29) is 0 Å². The minimum atomic E-state index is 0.380. The molecule has 108 valence electrons. The number of nitrogens with zero attached hydrogens (tertiary/aromatic N) is 3. The molecule has 0 unspecified atom stereocenters. The number of hydrogen-bond donors (Lipinski definition) is 1. The first kappa shape index (κ1) is 13.7. The number of oxazole rings is 1. The topological polar surface area (TPSA) is 57.5 Å². The maximum atomic E-state index is 9.30. The average Bonchev–Trinajstić information content (AvgIpc) is 2.93. The second-order valence-electron chi connectivity index (χ2n) is 5.59. The lowest BCUT2D eigenvalue weighted by Crippen LogP contribution is -3.12. The number of anilines is 1. The third-order valence-electron chi connectivity index (χ3n) is 3.92. The molecule has 0 radical (unpaired) electrons. The zero-order chi connectivity index (χ0) is 14.8. The fraction of sp³-hybridized carbons (Fsp3) is 0.375. The monoisotopic (exact) mass is 283 g/mol. The number of aryl methyl sites for hydroxylation is 1. The summed E-state index contributed by atoms with van der Waals surface area (Å²) in [6.07, 6.45) is 0. The molecule has 0 spiro atoms. The van der Waals surface area contributed by atoms with Crippen LogP contribution in [0.5, 0.6) is 0 Å². The van der Waals surface area contributed by atoms with E-state index in [1.165, 1.54) is 10.5 Å². The number of nitrogens with one attached hydrogen (secondary N) is 1. The quantitative estimate of drug-likeness (QED) is 0.888. The van der Waals surface area contributed by atoms with Crippen molar-refractivity contribution in [1.82, 2.24) is 4.98 Å². The molecule has 1 aliphatic heterocycles. The lowest BCUT2D eigenvalue weighted by molar-refractivity contribution is -0.880. The van der Waals surface area contributed by atoms with Gasteiger partial charge in [-0.15, -0.1) is 0 Å². The molecule has 0 saturated carbocycles. The molecule has 1 aliphatic rings. The van der Waals surface area contributed by atoms with Crippen LogP contribution in [0.3, 0.4) is 0 Å². The van der Waals surface area contributed by atoms with Crippen LogP contribution in [0.15, 0.2) is 28.7 Å². The zero-order valence-corrected chi connectivity index (χ0v) is 12.4. The van der Waals surface area contributed by atoms with Gasteiger partial charge in [-0.05, 0) is 19.1 Å². The average molecular weight is 283 g/mol. The van der Waals surface area contributed by atoms with E-state index in [1.54, 1.807) is 0 Å². The van der Waals surface area contributed by atoms with Gasteiger partial charge in [-0.1, -0.05) is 17.7 Å². The van der Waals surface area contributed by atoms with Gasteiger partial charge in [-0.3, -0.25) is 0 Å². The second kappa shape index (κ2) is 5.58. The normalized spacial score (nSPS) is 16.0. The summed E-state index contributed by atoms with van der Waals surface area (Å²) in [6.45, 7) is 5.92. The lowest BCUT2D eigenvalue weighted by atomic mass is 10.1. The van der Waals surface area contributed by atoms with Crippen molar-refractivity contribution in [1.29, 1.82) is 5.26 Å². The predicted octanol–water partition coefficient (Wildman–Crippen LogP) is 0.856. The predicted molar refractivity (Wildman–Crippen MR) is 80.2 cm³/mol. The van der Waals surface area contributed by atoms with Crippen molar-refractivity contribution in [2.24, 2.45) is 0 Å². The molecule has 1 N–H and O–H groups in total. The maximum Gasteiger partial charge on any atom is 0.235 e. The van der Waals surface area contributed by atoms with Crippen LogP contribution >= 0.6 is 0 Å². The molecule has 0 atom stereocenters. The van der Waals surface area contributed by atoms with Crippen molar-refractivity contribution >= 4 is 5.88 Å². The Morgan fingerprint density at radius 2 is 1.90 bits per heavy atom. The lowest BCUT2D eigenvalue weighted by Gasteiger charge is -2.29. The van der Waals surface area contributed by atoms with Gasteiger partial charge in [0.1, 0.15) is 6.07 Å². The van der Waals surface area contributed by atoms with E-state index in [2.05, 4.69) is 23.0 Å². The summed E-state index contributed by atoms with van der Waals surface area (Å²) in [6, 6.07) is 10.1. The molecule has 1 fully saturated rings. The Hall–Kier alpha value is -2.32. The smallest absolute Gasteiger partial charge is 0.235 e. The zero-order valence-electron chi connectivity index (χ0n) is 12.4. The number of likely N-dealkylation sites (N-methyl/N-ethyl adjacent to an activating group) is 1. The van der Waals surface area contributed by atoms with Crippen LogP contribution in [0.25, 0.3) is 11.5 Å². The Bertz CT molecular complexity index is 661. The minimum Gasteiger partial charge on any atom is -0.419 e. The third-order valence-corrected chi connectivity index (χ3v) is 3.92. The van der Waals surface area contributed by atoms with Gasteiger partial charge in [-0.2, -0.15) is 10.2 Å². The van der Waals surface area contributed by atoms with Gasteiger partial charge in [0.2, 0.25) is 17.5 Å². The van der Waals surface area contributed by atoms with E-state index >= 15 is 0 Å². The first-order valence-electron chi connectivity index (χ1n) is 7.21. The van der Waals surface area contributed by atoms with Gasteiger partial charge in [0, 0.05) is 5.56 Å². The highest BCUT2D eigenvalue weighted by Crippen LogP contribution is 2.28. The van der Waals surface area contributed by atoms with E-state index < -0.39 is 0 Å². The van der Waals surface area contributed by atoms with E-state index in [4.69, 9.17) is 4.42 Å². The van der Waals surface area contributed by atoms with Crippen molar-refractivity contribution in [2.45, 2.75) is 6.92 Å². The standard InChI is InChI=1S/C16H18N4O/c1-12-3-5-13(6-4-12)15-18-14(11-17)16(21-15)20-9-7-19(2)8-10-20/h3-6H,7-10H2,1-2H3/p+1. The van der Waals surface area contributed by atoms with Gasteiger partial charge >= 0.3 is 0 Å². The number of piperazine rings is 1. The van der Waals surface area contributed by atoms with Gasteiger partial charge in [0.05, 0.1) is 33.2 Å². The molecule has 0 amide bonds. The molecule has 1 saturated heterocycles. The number of aromatic nitrogens is 1. The van der Waals surface area contributed by atoms with Crippen molar-refractivity contribution < 1.29 is 9.32 Å². The molecular weight excluding hydrogens is 264 g/mol. The molecular formula is C16H19N4O+. The maximum absolute atomic E-state index is 9.30. The van der Waals surface area contributed by atoms with Crippen molar-refractivity contribution in [3.63, 3.8) is 0 Å². The number of hydrogen-bond acceptors (Lipinski definition) is 4. The summed E-state index contributed by atoms with van der Waals surface area (Å²) in [5, 5.41) is 9.30. The fourth-order valence-electron chi connectivity index (χ4n) is 2.51. The molecule has 1 aromatic carbocycles. The summed E-state index contributed by atoms with van der Waals surface area (Å²) in [7, 11) is 2.18. The Morgan fingerprint density at radius 1 is 1.24 bits per heavy atom. The van der Waals surface area contributed by atoms with Crippen LogP contribution < -0.4 is 9.80 Å². The van der Waals surface area contributed by atoms with Crippen molar-refractivity contribution in [3.05, 3.63) is 35.5 Å². The summed E-state index contributed by atoms with van der Waals surface area (Å²) in [5.41, 5.74) is 2.47. The number of quaternary nitrogens is 1. The summed E-state index contributed by atoms with van der Waals surface area (Å²) < 4.78 is 5.89. The summed E-state index contributed by atoms with van der Waals surface area (Å²) >= 11 is 0. The largest absolute Gasteiger partial charge is 0.419 e. The van der Waals surface area contributed by atoms with Crippen LogP contribution in [-0.2, 0) is 0 Å². The molecule has 0 bridgehead atoms. The number of rotatable bonds is 2. The van der Waals surface area contributed by atoms with Crippen molar-refractivity contribution in [3.8, 4) is 17.5 Å². The number of benzene rings is 1. The highest BCUT2D eigenvalue weighted by molar-refractivity contribution is 5.59. The highest BCUT2D eigenvalue weighted by atomic mass is 16.4. The van der Waals surface area contributed by atoms with Gasteiger partial charge < -0.3 is 14.2 Å². The SMILES string of the molecule is Cc1ccc(-c2nc(C#N)c(N3CC[NH+](C)CC3)o2)cc1. The summed E-state index contributed by atoms with van der Waals surface area (Å²) in [5.74, 6) is 1.13. The Labute approximate surface area is 124 Å². The van der Waals surface area contributed by atoms with Crippen LogP contribution in [0.2, 0.25) is 0 Å².